The number of aromatic nitrogens is 4. The van der Waals surface area contributed by atoms with Gasteiger partial charge in [-0.1, -0.05) is 89.6 Å². The second-order valence-corrected chi connectivity index (χ2v) is 14.1. The highest BCUT2D eigenvalue weighted by molar-refractivity contribution is 5.87. The van der Waals surface area contributed by atoms with Crippen LogP contribution in [-0.4, -0.2) is 49.1 Å². The summed E-state index contributed by atoms with van der Waals surface area (Å²) in [5.41, 5.74) is 12.5. The zero-order chi connectivity index (χ0) is 32.5. The Morgan fingerprint density at radius 1 is 0.739 bits per heavy atom. The van der Waals surface area contributed by atoms with Crippen molar-refractivity contribution in [2.24, 2.45) is 29.4 Å². The molecule has 1 amide bonds. The summed E-state index contributed by atoms with van der Waals surface area (Å²) in [6.07, 6.45) is 8.56. The Balaban J connectivity index is 1.12. The molecule has 2 aromatic carbocycles. The van der Waals surface area contributed by atoms with Crippen LogP contribution in [0.4, 0.5) is 0 Å². The predicted molar refractivity (Wildman–Crippen MR) is 183 cm³/mol. The molecule has 46 heavy (non-hydrogen) atoms. The molecule has 0 radical (unpaired) electrons. The molecule has 8 nitrogen and oxygen atoms in total. The molecule has 0 spiro atoms. The minimum atomic E-state index is -0.420. The molecular formula is C38H48N6O2. The highest BCUT2D eigenvalue weighted by Crippen LogP contribution is 2.40. The maximum absolute atomic E-state index is 13.1. The quantitative estimate of drug-likeness (QED) is 0.169. The smallest absolute Gasteiger partial charge is 0.226 e. The van der Waals surface area contributed by atoms with Gasteiger partial charge in [0.25, 0.3) is 0 Å². The molecule has 1 unspecified atom stereocenters. The molecule has 2 fully saturated rings. The van der Waals surface area contributed by atoms with Crippen LogP contribution in [0.25, 0.3) is 33.6 Å². The second-order valence-electron chi connectivity index (χ2n) is 14.1. The number of benzene rings is 2. The van der Waals surface area contributed by atoms with E-state index >= 15 is 0 Å². The Bertz CT molecular complexity index is 1530. The van der Waals surface area contributed by atoms with E-state index in [9.17, 15) is 9.59 Å². The minimum absolute atomic E-state index is 0.00423. The molecule has 242 valence electrons. The number of imidazole rings is 2. The Labute approximate surface area is 272 Å². The van der Waals surface area contributed by atoms with Gasteiger partial charge in [-0.15, -0.1) is 0 Å². The number of nitrogens with two attached hydrogens (primary N) is 1. The summed E-state index contributed by atoms with van der Waals surface area (Å²) in [4.78, 5) is 44.6. The van der Waals surface area contributed by atoms with Crippen molar-refractivity contribution in [3.63, 3.8) is 0 Å². The van der Waals surface area contributed by atoms with Crippen molar-refractivity contribution in [3.05, 3.63) is 72.6 Å². The number of rotatable bonds is 10. The summed E-state index contributed by atoms with van der Waals surface area (Å²) in [5, 5.41) is 0. The van der Waals surface area contributed by atoms with Crippen molar-refractivity contribution >= 4 is 11.7 Å². The average Bonchev–Trinajstić information content (AvgIpc) is 3.89. The molecule has 1 aliphatic carbocycles. The summed E-state index contributed by atoms with van der Waals surface area (Å²) >= 11 is 0. The molecule has 4 N–H and O–H groups in total. The number of Topliss-reactive ketones (excluding diaryl/α,β-unsaturated/α-hetero) is 1. The Kier molecular flexibility index (Phi) is 9.27. The van der Waals surface area contributed by atoms with Gasteiger partial charge >= 0.3 is 0 Å². The van der Waals surface area contributed by atoms with E-state index in [2.05, 4.69) is 72.3 Å². The maximum Gasteiger partial charge on any atom is 0.226 e. The number of H-pyrrole nitrogens is 2. The summed E-state index contributed by atoms with van der Waals surface area (Å²) in [5.74, 6) is 2.65. The van der Waals surface area contributed by atoms with Gasteiger partial charge in [0.05, 0.1) is 35.9 Å². The van der Waals surface area contributed by atoms with Crippen LogP contribution in [-0.2, 0) is 9.59 Å². The van der Waals surface area contributed by atoms with Crippen molar-refractivity contribution in [1.29, 1.82) is 0 Å². The number of hydrogen-bond acceptors (Lipinski definition) is 5. The number of carbonyl (C=O) groups is 2. The first-order valence-electron chi connectivity index (χ1n) is 17.0. The Morgan fingerprint density at radius 2 is 1.28 bits per heavy atom. The number of amides is 1. The zero-order valence-electron chi connectivity index (χ0n) is 27.8. The van der Waals surface area contributed by atoms with Gasteiger partial charge in [-0.05, 0) is 59.8 Å². The first-order valence-corrected chi connectivity index (χ1v) is 17.0. The fraction of sp³-hybridized carbons (Fsp3) is 0.474. The molecule has 2 aromatic heterocycles. The van der Waals surface area contributed by atoms with Crippen LogP contribution in [0.5, 0.6) is 0 Å². The maximum atomic E-state index is 13.1. The standard InChI is InChI=1S/C38H48N6O2/c1-22(2)24(5)38(46)44-19-7-10-33(44)37-41-21-32(43-37)28-17-13-26(14-18-28)25-11-15-27(16-12-25)31-20-40-36(42-31)30-9-6-8-29(30)35(45)34(39)23(3)4/h11-18,20-24,29-30,33-34H,6-10,19,39H2,1-5H3,(H,40,42)(H,41,43)/t24-,29?,30+,33-,34-/m0/s1. The topological polar surface area (TPSA) is 121 Å². The van der Waals surface area contributed by atoms with Crippen LogP contribution < -0.4 is 5.73 Å². The fourth-order valence-corrected chi connectivity index (χ4v) is 7.07. The van der Waals surface area contributed by atoms with Crippen LogP contribution >= 0.6 is 0 Å². The lowest BCUT2D eigenvalue weighted by Gasteiger charge is -2.27. The summed E-state index contributed by atoms with van der Waals surface area (Å²) in [6, 6.07) is 16.6. The van der Waals surface area contributed by atoms with Gasteiger partial charge in [-0.25, -0.2) is 9.97 Å². The largest absolute Gasteiger partial charge is 0.342 e. The third-order valence-electron chi connectivity index (χ3n) is 10.4. The van der Waals surface area contributed by atoms with Crippen LogP contribution in [0, 0.1) is 23.7 Å². The molecule has 4 aromatic rings. The van der Waals surface area contributed by atoms with Gasteiger partial charge in [0.15, 0.2) is 5.78 Å². The molecule has 3 heterocycles. The van der Waals surface area contributed by atoms with Gasteiger partial charge in [-0.3, -0.25) is 9.59 Å². The lowest BCUT2D eigenvalue weighted by atomic mass is 9.85. The SMILES string of the molecule is CC(C)[C@H](C)C(=O)N1CCC[C@H]1c1ncc(-c2ccc(-c3ccc(-c4cnc([C@@H]5CCCC5C(=O)[C@@H](N)C(C)C)[nH]4)cc3)cc2)[nH]1. The van der Waals surface area contributed by atoms with Gasteiger partial charge < -0.3 is 20.6 Å². The molecule has 8 heteroatoms. The molecule has 1 saturated heterocycles. The van der Waals surface area contributed by atoms with E-state index in [0.717, 1.165) is 83.9 Å². The third kappa shape index (κ3) is 6.32. The van der Waals surface area contributed by atoms with Gasteiger partial charge in [0, 0.05) is 24.3 Å². The van der Waals surface area contributed by atoms with Crippen molar-refractivity contribution in [2.75, 3.05) is 6.54 Å². The molecule has 2 aliphatic rings. The van der Waals surface area contributed by atoms with Crippen LogP contribution in [0.1, 0.15) is 90.3 Å². The molecule has 1 saturated carbocycles. The van der Waals surface area contributed by atoms with Crippen molar-refractivity contribution < 1.29 is 9.59 Å². The van der Waals surface area contributed by atoms with Gasteiger partial charge in [0.2, 0.25) is 5.91 Å². The highest BCUT2D eigenvalue weighted by Gasteiger charge is 2.38. The van der Waals surface area contributed by atoms with Crippen LogP contribution in [0.15, 0.2) is 60.9 Å². The van der Waals surface area contributed by atoms with E-state index < -0.39 is 6.04 Å². The second kappa shape index (κ2) is 13.4. The minimum Gasteiger partial charge on any atom is -0.342 e. The molecule has 5 atom stereocenters. The zero-order valence-corrected chi connectivity index (χ0v) is 27.8. The van der Waals surface area contributed by atoms with Crippen LogP contribution in [0.2, 0.25) is 0 Å². The molecule has 0 bridgehead atoms. The normalized spacial score (nSPS) is 21.3. The molecule has 6 rings (SSSR count). The van der Waals surface area contributed by atoms with E-state index in [1.165, 1.54) is 0 Å². The summed E-state index contributed by atoms with van der Waals surface area (Å²) in [7, 11) is 0. The van der Waals surface area contributed by atoms with E-state index in [4.69, 9.17) is 15.7 Å². The average molecular weight is 621 g/mol. The first-order chi connectivity index (χ1) is 22.1. The van der Waals surface area contributed by atoms with Crippen molar-refractivity contribution in [2.45, 2.75) is 84.7 Å². The third-order valence-corrected chi connectivity index (χ3v) is 10.4. The molecule has 1 aliphatic heterocycles. The Morgan fingerprint density at radius 3 is 1.85 bits per heavy atom. The van der Waals surface area contributed by atoms with Crippen LogP contribution in [0.3, 0.4) is 0 Å². The number of nitrogens with one attached hydrogen (secondary N) is 2. The van der Waals surface area contributed by atoms with E-state index in [-0.39, 0.29) is 41.4 Å². The summed E-state index contributed by atoms with van der Waals surface area (Å²) in [6.45, 7) is 11.0. The lowest BCUT2D eigenvalue weighted by molar-refractivity contribution is -0.137. The number of aromatic amines is 2. The predicted octanol–water partition coefficient (Wildman–Crippen LogP) is 7.53. The van der Waals surface area contributed by atoms with Crippen molar-refractivity contribution in [1.82, 2.24) is 24.8 Å². The van der Waals surface area contributed by atoms with E-state index in [1.54, 1.807) is 0 Å². The van der Waals surface area contributed by atoms with Crippen molar-refractivity contribution in [3.8, 4) is 33.6 Å². The number of carbonyl (C=O) groups excluding carboxylic acids is 2. The summed E-state index contributed by atoms with van der Waals surface area (Å²) < 4.78 is 0. The first kappa shape index (κ1) is 31.9. The monoisotopic (exact) mass is 620 g/mol. The number of ketones is 1. The molecular weight excluding hydrogens is 572 g/mol. The number of likely N-dealkylation sites (tertiary alicyclic amines) is 1. The Hall–Kier alpha value is -4.04. The highest BCUT2D eigenvalue weighted by atomic mass is 16.2. The number of hydrogen-bond donors (Lipinski definition) is 3. The van der Waals surface area contributed by atoms with E-state index in [0.29, 0.717) is 5.92 Å². The van der Waals surface area contributed by atoms with Gasteiger partial charge in [-0.2, -0.15) is 0 Å². The fourth-order valence-electron chi connectivity index (χ4n) is 7.07. The van der Waals surface area contributed by atoms with Gasteiger partial charge in [0.1, 0.15) is 11.6 Å². The van der Waals surface area contributed by atoms with E-state index in [1.807, 2.05) is 38.1 Å². The number of nitrogens with zero attached hydrogens (tertiary/aromatic N) is 3. The lowest BCUT2D eigenvalue weighted by Crippen LogP contribution is -2.40.